The van der Waals surface area contributed by atoms with Gasteiger partial charge in [-0.05, 0) is 29.7 Å². The maximum Gasteiger partial charge on any atom is 0.220 e. The van der Waals surface area contributed by atoms with Gasteiger partial charge in [0.25, 0.3) is 0 Å². The average Bonchev–Trinajstić information content (AvgIpc) is 2.66. The van der Waals surface area contributed by atoms with Gasteiger partial charge in [0.1, 0.15) is 5.75 Å². The molecule has 2 rings (SSSR count). The summed E-state index contributed by atoms with van der Waals surface area (Å²) in [4.78, 5) is 23.3. The van der Waals surface area contributed by atoms with E-state index in [1.165, 1.54) is 6.92 Å². The Labute approximate surface area is 165 Å². The van der Waals surface area contributed by atoms with Crippen molar-refractivity contribution in [3.05, 3.63) is 64.7 Å². The number of methoxy groups -OCH3 is 1. The Bertz CT molecular complexity index is 765. The van der Waals surface area contributed by atoms with E-state index >= 15 is 0 Å². The molecule has 2 aromatic rings. The third kappa shape index (κ3) is 6.61. The maximum atomic E-state index is 12.4. The van der Waals surface area contributed by atoms with E-state index in [-0.39, 0.29) is 17.7 Å². The third-order valence-corrected chi connectivity index (χ3v) is 4.51. The summed E-state index contributed by atoms with van der Waals surface area (Å²) in [6.45, 7) is 2.54. The van der Waals surface area contributed by atoms with Crippen LogP contribution in [0.15, 0.2) is 48.5 Å². The number of benzene rings is 2. The largest absolute Gasteiger partial charge is 0.495 e. The monoisotopic (exact) mass is 388 g/mol. The molecule has 0 bridgehead atoms. The number of carbonyl (C=O) groups excluding carboxylic acids is 2. The van der Waals surface area contributed by atoms with Gasteiger partial charge in [-0.15, -0.1) is 0 Å². The van der Waals surface area contributed by atoms with Gasteiger partial charge < -0.3 is 15.4 Å². The highest BCUT2D eigenvalue weighted by molar-refractivity contribution is 6.32. The Kier molecular flexibility index (Phi) is 8.14. The smallest absolute Gasteiger partial charge is 0.220 e. The van der Waals surface area contributed by atoms with Crippen LogP contribution in [0.25, 0.3) is 0 Å². The molecule has 2 aromatic carbocycles. The molecule has 0 saturated carbocycles. The van der Waals surface area contributed by atoms with Crippen LogP contribution in [0.1, 0.15) is 36.8 Å². The number of hydrogen-bond acceptors (Lipinski definition) is 3. The highest BCUT2D eigenvalue weighted by Crippen LogP contribution is 2.33. The molecule has 144 valence electrons. The topological polar surface area (TPSA) is 67.4 Å². The highest BCUT2D eigenvalue weighted by atomic mass is 35.5. The summed E-state index contributed by atoms with van der Waals surface area (Å²) < 4.78 is 5.22. The predicted molar refractivity (Wildman–Crippen MR) is 107 cm³/mol. The van der Waals surface area contributed by atoms with Crippen molar-refractivity contribution in [3.63, 3.8) is 0 Å². The first-order chi connectivity index (χ1) is 13.0. The normalized spacial score (nSPS) is 11.5. The lowest BCUT2D eigenvalue weighted by atomic mass is 9.88. The summed E-state index contributed by atoms with van der Waals surface area (Å²) >= 11 is 6.28. The van der Waals surface area contributed by atoms with Crippen LogP contribution in [0.5, 0.6) is 5.75 Å². The van der Waals surface area contributed by atoms with Crippen LogP contribution in [0.4, 0.5) is 0 Å². The molecular weight excluding hydrogens is 364 g/mol. The molecule has 1 atom stereocenters. The molecule has 2 amide bonds. The van der Waals surface area contributed by atoms with Crippen LogP contribution >= 0.6 is 11.6 Å². The fraction of sp³-hybridized carbons (Fsp3) is 0.333. The molecule has 27 heavy (non-hydrogen) atoms. The van der Waals surface area contributed by atoms with E-state index in [1.54, 1.807) is 7.11 Å². The summed E-state index contributed by atoms with van der Waals surface area (Å²) in [7, 11) is 1.57. The SMILES string of the molecule is COc1ccc(C(CC(=O)NCCCNC(C)=O)c2ccccc2)cc1Cl. The molecule has 0 spiro atoms. The van der Waals surface area contributed by atoms with Gasteiger partial charge in [-0.3, -0.25) is 9.59 Å². The van der Waals surface area contributed by atoms with Gasteiger partial charge in [-0.2, -0.15) is 0 Å². The van der Waals surface area contributed by atoms with Crippen molar-refractivity contribution in [2.24, 2.45) is 0 Å². The fourth-order valence-corrected chi connectivity index (χ4v) is 3.12. The Morgan fingerprint density at radius 2 is 1.74 bits per heavy atom. The molecule has 0 aromatic heterocycles. The van der Waals surface area contributed by atoms with Gasteiger partial charge in [-0.1, -0.05) is 48.0 Å². The van der Waals surface area contributed by atoms with Crippen molar-refractivity contribution in [1.29, 1.82) is 0 Å². The molecule has 0 heterocycles. The Hall–Kier alpha value is -2.53. The standard InChI is InChI=1S/C21H25ClN2O3/c1-15(25)23-11-6-12-24-21(26)14-18(16-7-4-3-5-8-16)17-9-10-20(27-2)19(22)13-17/h3-5,7-10,13,18H,6,11-12,14H2,1-2H3,(H,23,25)(H,24,26). The van der Waals surface area contributed by atoms with Gasteiger partial charge in [0.15, 0.2) is 0 Å². The van der Waals surface area contributed by atoms with E-state index < -0.39 is 0 Å². The molecule has 2 N–H and O–H groups in total. The van der Waals surface area contributed by atoms with Gasteiger partial charge in [0.2, 0.25) is 11.8 Å². The van der Waals surface area contributed by atoms with Crippen LogP contribution in [0.2, 0.25) is 5.02 Å². The predicted octanol–water partition coefficient (Wildman–Crippen LogP) is 3.51. The third-order valence-electron chi connectivity index (χ3n) is 4.22. The van der Waals surface area contributed by atoms with Gasteiger partial charge in [-0.25, -0.2) is 0 Å². The molecule has 0 aliphatic carbocycles. The van der Waals surface area contributed by atoms with Crippen LogP contribution in [-0.2, 0) is 9.59 Å². The van der Waals surface area contributed by atoms with E-state index in [4.69, 9.17) is 16.3 Å². The van der Waals surface area contributed by atoms with E-state index in [0.717, 1.165) is 11.1 Å². The van der Waals surface area contributed by atoms with Gasteiger partial charge >= 0.3 is 0 Å². The van der Waals surface area contributed by atoms with E-state index in [2.05, 4.69) is 10.6 Å². The van der Waals surface area contributed by atoms with Crippen molar-refractivity contribution in [2.45, 2.75) is 25.7 Å². The second-order valence-corrected chi connectivity index (χ2v) is 6.66. The van der Waals surface area contributed by atoms with Crippen molar-refractivity contribution in [2.75, 3.05) is 20.2 Å². The molecule has 0 radical (unpaired) electrons. The minimum atomic E-state index is -0.107. The number of carbonyl (C=O) groups is 2. The Morgan fingerprint density at radius 1 is 1.04 bits per heavy atom. The molecule has 0 saturated heterocycles. The van der Waals surface area contributed by atoms with Gasteiger partial charge in [0, 0.05) is 32.4 Å². The van der Waals surface area contributed by atoms with Crippen molar-refractivity contribution >= 4 is 23.4 Å². The minimum Gasteiger partial charge on any atom is -0.495 e. The first-order valence-electron chi connectivity index (χ1n) is 8.90. The number of hydrogen-bond donors (Lipinski definition) is 2. The molecule has 5 nitrogen and oxygen atoms in total. The summed E-state index contributed by atoms with van der Waals surface area (Å²) in [5, 5.41) is 6.15. The fourth-order valence-electron chi connectivity index (χ4n) is 2.85. The van der Waals surface area contributed by atoms with Crippen LogP contribution in [-0.4, -0.2) is 32.0 Å². The highest BCUT2D eigenvalue weighted by Gasteiger charge is 2.19. The Balaban J connectivity index is 2.06. The first-order valence-corrected chi connectivity index (χ1v) is 9.28. The minimum absolute atomic E-state index is 0.0429. The zero-order valence-electron chi connectivity index (χ0n) is 15.6. The molecule has 0 aliphatic rings. The number of amides is 2. The number of rotatable bonds is 9. The second-order valence-electron chi connectivity index (χ2n) is 6.25. The van der Waals surface area contributed by atoms with E-state index in [9.17, 15) is 9.59 Å². The maximum absolute atomic E-state index is 12.4. The Morgan fingerprint density at radius 3 is 2.37 bits per heavy atom. The van der Waals surface area contributed by atoms with Crippen molar-refractivity contribution in [1.82, 2.24) is 10.6 Å². The lowest BCUT2D eigenvalue weighted by molar-refractivity contribution is -0.121. The molecule has 0 aliphatic heterocycles. The van der Waals surface area contributed by atoms with Crippen LogP contribution in [0, 0.1) is 0 Å². The molecule has 1 unspecified atom stereocenters. The van der Waals surface area contributed by atoms with Crippen molar-refractivity contribution < 1.29 is 14.3 Å². The van der Waals surface area contributed by atoms with Crippen molar-refractivity contribution in [3.8, 4) is 5.75 Å². The lowest BCUT2D eigenvalue weighted by Gasteiger charge is -2.19. The summed E-state index contributed by atoms with van der Waals surface area (Å²) in [6.07, 6.45) is 1.00. The first kappa shape index (κ1) is 20.8. The summed E-state index contributed by atoms with van der Waals surface area (Å²) in [6, 6.07) is 15.5. The average molecular weight is 389 g/mol. The second kappa shape index (κ2) is 10.6. The van der Waals surface area contributed by atoms with E-state index in [0.29, 0.717) is 36.7 Å². The van der Waals surface area contributed by atoms with Gasteiger partial charge in [0.05, 0.1) is 12.1 Å². The zero-order valence-corrected chi connectivity index (χ0v) is 16.4. The zero-order chi connectivity index (χ0) is 19.6. The van der Waals surface area contributed by atoms with E-state index in [1.807, 2.05) is 48.5 Å². The summed E-state index contributed by atoms with van der Waals surface area (Å²) in [5.74, 6) is 0.389. The quantitative estimate of drug-likeness (QED) is 0.646. The molecular formula is C21H25ClN2O3. The van der Waals surface area contributed by atoms with Crippen LogP contribution in [0.3, 0.4) is 0 Å². The summed E-state index contributed by atoms with van der Waals surface area (Å²) in [5.41, 5.74) is 2.01. The molecule has 6 heteroatoms. The molecule has 0 fully saturated rings. The number of nitrogens with one attached hydrogen (secondary N) is 2. The lowest BCUT2D eigenvalue weighted by Crippen LogP contribution is -2.29. The van der Waals surface area contributed by atoms with Crippen LogP contribution < -0.4 is 15.4 Å². The number of ether oxygens (including phenoxy) is 1. The number of halogens is 1.